The molecule has 1 N–H and O–H groups in total. The van der Waals surface area contributed by atoms with Gasteiger partial charge in [0.2, 0.25) is 0 Å². The minimum absolute atomic E-state index is 0.664. The fourth-order valence-corrected chi connectivity index (χ4v) is 2.65. The zero-order valence-corrected chi connectivity index (χ0v) is 12.7. The average Bonchev–Trinajstić information content (AvgIpc) is 2.73. The molecule has 0 radical (unpaired) electrons. The third kappa shape index (κ3) is 5.91. The maximum Gasteiger partial charge on any atom is 0.107 e. The van der Waals surface area contributed by atoms with Crippen LogP contribution in [0.1, 0.15) is 24.5 Å². The van der Waals surface area contributed by atoms with Gasteiger partial charge in [-0.2, -0.15) is 0 Å². The van der Waals surface area contributed by atoms with Crippen molar-refractivity contribution >= 4 is 11.3 Å². The van der Waals surface area contributed by atoms with Gasteiger partial charge in [-0.3, -0.25) is 4.90 Å². The first-order valence-electron chi connectivity index (χ1n) is 6.44. The molecule has 1 heterocycles. The van der Waals surface area contributed by atoms with E-state index in [2.05, 4.69) is 34.4 Å². The SMILES string of the molecule is CNCc1nc(CN(CCOC)CC(C)C)cs1. The number of nitrogens with zero attached hydrogens (tertiary/aromatic N) is 2. The van der Waals surface area contributed by atoms with Crippen molar-refractivity contribution in [3.05, 3.63) is 16.1 Å². The fraction of sp³-hybridized carbons (Fsp3) is 0.769. The van der Waals surface area contributed by atoms with Crippen LogP contribution in [0.3, 0.4) is 0 Å². The van der Waals surface area contributed by atoms with E-state index < -0.39 is 0 Å². The molecule has 4 nitrogen and oxygen atoms in total. The fourth-order valence-electron chi connectivity index (χ4n) is 1.85. The predicted octanol–water partition coefficient (Wildman–Crippen LogP) is 1.97. The summed E-state index contributed by atoms with van der Waals surface area (Å²) in [5.74, 6) is 0.664. The minimum Gasteiger partial charge on any atom is -0.383 e. The van der Waals surface area contributed by atoms with Crippen LogP contribution in [0.5, 0.6) is 0 Å². The van der Waals surface area contributed by atoms with Gasteiger partial charge in [-0.05, 0) is 13.0 Å². The van der Waals surface area contributed by atoms with E-state index in [0.717, 1.165) is 37.8 Å². The summed E-state index contributed by atoms with van der Waals surface area (Å²) in [5.41, 5.74) is 1.17. The lowest BCUT2D eigenvalue weighted by molar-refractivity contribution is 0.135. The van der Waals surface area contributed by atoms with Crippen molar-refractivity contribution in [2.45, 2.75) is 26.9 Å². The predicted molar refractivity (Wildman–Crippen MR) is 76.9 cm³/mol. The lowest BCUT2D eigenvalue weighted by Gasteiger charge is -2.22. The van der Waals surface area contributed by atoms with E-state index in [1.165, 1.54) is 5.69 Å². The molecule has 18 heavy (non-hydrogen) atoms. The number of nitrogens with one attached hydrogen (secondary N) is 1. The Bertz CT molecular complexity index is 328. The normalized spacial score (nSPS) is 11.7. The Morgan fingerprint density at radius 3 is 2.89 bits per heavy atom. The van der Waals surface area contributed by atoms with E-state index in [-0.39, 0.29) is 0 Å². The highest BCUT2D eigenvalue weighted by Gasteiger charge is 2.10. The first-order chi connectivity index (χ1) is 8.65. The summed E-state index contributed by atoms with van der Waals surface area (Å²) < 4.78 is 5.17. The zero-order valence-electron chi connectivity index (χ0n) is 11.9. The van der Waals surface area contributed by atoms with Crippen LogP contribution in [-0.4, -0.2) is 43.7 Å². The van der Waals surface area contributed by atoms with Gasteiger partial charge in [0.05, 0.1) is 12.3 Å². The van der Waals surface area contributed by atoms with Gasteiger partial charge in [0, 0.05) is 38.7 Å². The molecule has 0 spiro atoms. The monoisotopic (exact) mass is 271 g/mol. The number of hydrogen-bond acceptors (Lipinski definition) is 5. The van der Waals surface area contributed by atoms with Gasteiger partial charge >= 0.3 is 0 Å². The molecule has 0 fully saturated rings. The van der Waals surface area contributed by atoms with Crippen molar-refractivity contribution < 1.29 is 4.74 Å². The molecule has 0 amide bonds. The summed E-state index contributed by atoms with van der Waals surface area (Å²) in [6.07, 6.45) is 0. The third-order valence-electron chi connectivity index (χ3n) is 2.55. The van der Waals surface area contributed by atoms with Gasteiger partial charge < -0.3 is 10.1 Å². The van der Waals surface area contributed by atoms with Crippen LogP contribution in [0.4, 0.5) is 0 Å². The first kappa shape index (κ1) is 15.6. The Hall–Kier alpha value is -0.490. The molecule has 0 aliphatic carbocycles. The molecular weight excluding hydrogens is 246 g/mol. The van der Waals surface area contributed by atoms with Crippen LogP contribution >= 0.6 is 11.3 Å². The van der Waals surface area contributed by atoms with Crippen LogP contribution in [0.2, 0.25) is 0 Å². The Morgan fingerprint density at radius 1 is 1.50 bits per heavy atom. The standard InChI is InChI=1S/C13H25N3OS/c1-11(2)8-16(5-6-17-4)9-12-10-18-13(15-12)7-14-3/h10-11,14H,5-9H2,1-4H3. The van der Waals surface area contributed by atoms with Gasteiger partial charge in [0.15, 0.2) is 0 Å². The molecule has 0 saturated carbocycles. The maximum absolute atomic E-state index is 5.17. The second-order valence-corrected chi connectivity index (χ2v) is 5.83. The molecule has 1 aromatic rings. The average molecular weight is 271 g/mol. The second kappa shape index (κ2) is 8.58. The van der Waals surface area contributed by atoms with Gasteiger partial charge in [-0.15, -0.1) is 11.3 Å². The van der Waals surface area contributed by atoms with Crippen LogP contribution in [0.15, 0.2) is 5.38 Å². The number of methoxy groups -OCH3 is 1. The van der Waals surface area contributed by atoms with Crippen LogP contribution in [0.25, 0.3) is 0 Å². The number of ether oxygens (including phenoxy) is 1. The van der Waals surface area contributed by atoms with Crippen molar-refractivity contribution in [3.63, 3.8) is 0 Å². The highest BCUT2D eigenvalue weighted by atomic mass is 32.1. The molecule has 0 saturated heterocycles. The van der Waals surface area contributed by atoms with E-state index >= 15 is 0 Å². The van der Waals surface area contributed by atoms with Gasteiger partial charge in [-0.1, -0.05) is 13.8 Å². The smallest absolute Gasteiger partial charge is 0.107 e. The summed E-state index contributed by atoms with van der Waals surface area (Å²) in [6, 6.07) is 0. The molecule has 0 atom stereocenters. The van der Waals surface area contributed by atoms with E-state index in [4.69, 9.17) is 4.74 Å². The Kier molecular flexibility index (Phi) is 7.42. The summed E-state index contributed by atoms with van der Waals surface area (Å²) in [6.45, 7) is 9.09. The molecule has 0 bridgehead atoms. The molecule has 0 unspecified atom stereocenters. The molecule has 0 aliphatic heterocycles. The van der Waals surface area contributed by atoms with Crippen molar-refractivity contribution in [2.75, 3.05) is 33.9 Å². The van der Waals surface area contributed by atoms with Gasteiger partial charge in [-0.25, -0.2) is 4.98 Å². The van der Waals surface area contributed by atoms with E-state index in [1.54, 1.807) is 18.4 Å². The topological polar surface area (TPSA) is 37.4 Å². The molecule has 0 aliphatic rings. The number of hydrogen-bond donors (Lipinski definition) is 1. The van der Waals surface area contributed by atoms with E-state index in [1.807, 2.05) is 7.05 Å². The largest absolute Gasteiger partial charge is 0.383 e. The Morgan fingerprint density at radius 2 is 2.28 bits per heavy atom. The van der Waals surface area contributed by atoms with Crippen molar-refractivity contribution in [3.8, 4) is 0 Å². The maximum atomic E-state index is 5.17. The van der Waals surface area contributed by atoms with Crippen molar-refractivity contribution in [2.24, 2.45) is 5.92 Å². The van der Waals surface area contributed by atoms with Crippen molar-refractivity contribution in [1.82, 2.24) is 15.2 Å². The van der Waals surface area contributed by atoms with Crippen LogP contribution in [0, 0.1) is 5.92 Å². The second-order valence-electron chi connectivity index (χ2n) is 4.88. The summed E-state index contributed by atoms with van der Waals surface area (Å²) >= 11 is 1.73. The summed E-state index contributed by atoms with van der Waals surface area (Å²) in [5, 5.41) is 6.45. The number of rotatable bonds is 9. The lowest BCUT2D eigenvalue weighted by Crippen LogP contribution is -2.30. The molecule has 5 heteroatoms. The van der Waals surface area contributed by atoms with Crippen LogP contribution < -0.4 is 5.32 Å². The Labute approximate surface area is 114 Å². The van der Waals surface area contributed by atoms with Gasteiger partial charge in [0.1, 0.15) is 5.01 Å². The van der Waals surface area contributed by atoms with E-state index in [9.17, 15) is 0 Å². The summed E-state index contributed by atoms with van der Waals surface area (Å²) in [4.78, 5) is 7.04. The minimum atomic E-state index is 0.664. The first-order valence-corrected chi connectivity index (χ1v) is 7.32. The molecule has 104 valence electrons. The molecule has 1 aromatic heterocycles. The number of aromatic nitrogens is 1. The van der Waals surface area contributed by atoms with E-state index in [0.29, 0.717) is 5.92 Å². The van der Waals surface area contributed by atoms with Gasteiger partial charge in [0.25, 0.3) is 0 Å². The Balaban J connectivity index is 2.51. The van der Waals surface area contributed by atoms with Crippen LogP contribution in [-0.2, 0) is 17.8 Å². The molecule has 0 aromatic carbocycles. The quantitative estimate of drug-likeness (QED) is 0.745. The molecule has 1 rings (SSSR count). The summed E-state index contributed by atoms with van der Waals surface area (Å²) in [7, 11) is 3.70. The highest BCUT2D eigenvalue weighted by molar-refractivity contribution is 7.09. The number of thiazole rings is 1. The zero-order chi connectivity index (χ0) is 13.4. The molecular formula is C13H25N3OS. The lowest BCUT2D eigenvalue weighted by atomic mass is 10.2. The third-order valence-corrected chi connectivity index (χ3v) is 3.45. The highest BCUT2D eigenvalue weighted by Crippen LogP contribution is 2.12. The van der Waals surface area contributed by atoms with Crippen molar-refractivity contribution in [1.29, 1.82) is 0 Å².